The first kappa shape index (κ1) is 19.0. The summed E-state index contributed by atoms with van der Waals surface area (Å²) in [6.07, 6.45) is 4.70. The van der Waals surface area contributed by atoms with Gasteiger partial charge in [-0.2, -0.15) is 0 Å². The number of hydrogen-bond donors (Lipinski definition) is 3. The largest absolute Gasteiger partial charge is 0.335 e. The molecule has 0 radical (unpaired) electrons. The van der Waals surface area contributed by atoms with Gasteiger partial charge in [0.25, 0.3) is 0 Å². The quantitative estimate of drug-likeness (QED) is 0.781. The molecule has 5 nitrogen and oxygen atoms in total. The van der Waals surface area contributed by atoms with E-state index in [0.29, 0.717) is 6.04 Å². The van der Waals surface area contributed by atoms with Crippen molar-refractivity contribution in [1.29, 1.82) is 0 Å². The Balaban J connectivity index is 0.00000208. The fraction of sp³-hybridized carbons (Fsp3) is 0.611. The average Bonchev–Trinajstić information content (AvgIpc) is 2.58. The van der Waals surface area contributed by atoms with Gasteiger partial charge >= 0.3 is 6.03 Å². The monoisotopic (exact) mass is 352 g/mol. The number of carbonyl (C=O) groups excluding carboxylic acids is 1. The molecule has 2 amide bonds. The number of benzene rings is 1. The Hall–Kier alpha value is -1.30. The minimum atomic E-state index is -0.0898. The molecule has 0 atom stereocenters. The number of rotatable bonds is 4. The number of urea groups is 1. The summed E-state index contributed by atoms with van der Waals surface area (Å²) in [5.41, 5.74) is 0.841. The van der Waals surface area contributed by atoms with Crippen molar-refractivity contribution >= 4 is 24.1 Å². The molecule has 0 saturated carbocycles. The minimum Gasteiger partial charge on any atom is -0.335 e. The van der Waals surface area contributed by atoms with Gasteiger partial charge in [0.05, 0.1) is 0 Å². The van der Waals surface area contributed by atoms with Gasteiger partial charge in [-0.3, -0.25) is 0 Å². The summed E-state index contributed by atoms with van der Waals surface area (Å²) in [5, 5.41) is 9.43. The molecule has 0 unspecified atom stereocenters. The maximum atomic E-state index is 12.0. The number of carbonyl (C=O) groups is 1. The van der Waals surface area contributed by atoms with Crippen molar-refractivity contribution in [3.05, 3.63) is 30.3 Å². The van der Waals surface area contributed by atoms with E-state index in [9.17, 15) is 4.79 Å². The number of nitrogens with zero attached hydrogens (tertiary/aromatic N) is 1. The van der Waals surface area contributed by atoms with Crippen molar-refractivity contribution in [3.63, 3.8) is 0 Å². The van der Waals surface area contributed by atoms with Crippen molar-refractivity contribution in [2.24, 2.45) is 5.92 Å². The maximum absolute atomic E-state index is 12.0. The average molecular weight is 353 g/mol. The molecule has 2 heterocycles. The molecular formula is C18H29ClN4O. The van der Waals surface area contributed by atoms with E-state index in [-0.39, 0.29) is 18.4 Å². The highest BCUT2D eigenvalue weighted by molar-refractivity contribution is 5.89. The van der Waals surface area contributed by atoms with E-state index >= 15 is 0 Å². The van der Waals surface area contributed by atoms with Crippen LogP contribution >= 0.6 is 12.4 Å². The Bertz CT molecular complexity index is 485. The number of anilines is 1. The van der Waals surface area contributed by atoms with E-state index in [4.69, 9.17) is 0 Å². The predicted molar refractivity (Wildman–Crippen MR) is 101 cm³/mol. The third-order valence-corrected chi connectivity index (χ3v) is 4.93. The molecule has 24 heavy (non-hydrogen) atoms. The summed E-state index contributed by atoms with van der Waals surface area (Å²) >= 11 is 0. The molecule has 3 N–H and O–H groups in total. The van der Waals surface area contributed by atoms with Crippen LogP contribution in [-0.4, -0.2) is 49.7 Å². The summed E-state index contributed by atoms with van der Waals surface area (Å²) in [7, 11) is 0. The number of hydrogen-bond acceptors (Lipinski definition) is 3. The lowest BCUT2D eigenvalue weighted by Gasteiger charge is -2.35. The summed E-state index contributed by atoms with van der Waals surface area (Å²) < 4.78 is 0. The molecule has 1 aromatic rings. The molecule has 0 aromatic heterocycles. The van der Waals surface area contributed by atoms with Crippen molar-refractivity contribution in [1.82, 2.24) is 15.5 Å². The van der Waals surface area contributed by atoms with Gasteiger partial charge in [-0.15, -0.1) is 12.4 Å². The first-order chi connectivity index (χ1) is 11.3. The van der Waals surface area contributed by atoms with E-state index in [2.05, 4.69) is 20.9 Å². The number of amides is 2. The lowest BCUT2D eigenvalue weighted by Crippen LogP contribution is -2.47. The molecule has 2 aliphatic heterocycles. The van der Waals surface area contributed by atoms with Crippen molar-refractivity contribution in [3.8, 4) is 0 Å². The molecule has 1 aromatic carbocycles. The molecule has 6 heteroatoms. The van der Waals surface area contributed by atoms with E-state index in [1.807, 2.05) is 30.3 Å². The third kappa shape index (κ3) is 5.96. The SMILES string of the molecule is Cl.O=C(Nc1ccccc1)NC1CCN(CC2CCNCC2)CC1. The third-order valence-electron chi connectivity index (χ3n) is 4.93. The molecule has 2 saturated heterocycles. The summed E-state index contributed by atoms with van der Waals surface area (Å²) in [6.45, 7) is 5.76. The Kier molecular flexibility index (Phi) is 7.82. The second kappa shape index (κ2) is 9.87. The number of nitrogens with one attached hydrogen (secondary N) is 3. The van der Waals surface area contributed by atoms with E-state index < -0.39 is 0 Å². The molecule has 3 rings (SSSR count). The van der Waals surface area contributed by atoms with Crippen LogP contribution in [0.25, 0.3) is 0 Å². The highest BCUT2D eigenvalue weighted by atomic mass is 35.5. The van der Waals surface area contributed by atoms with Crippen LogP contribution in [0.1, 0.15) is 25.7 Å². The predicted octanol–water partition coefficient (Wildman–Crippen LogP) is 2.69. The zero-order valence-corrected chi connectivity index (χ0v) is 15.0. The molecule has 134 valence electrons. The summed E-state index contributed by atoms with van der Waals surface area (Å²) in [4.78, 5) is 14.6. The Labute approximate surface area is 151 Å². The molecule has 0 aliphatic carbocycles. The van der Waals surface area contributed by atoms with Crippen LogP contribution in [0, 0.1) is 5.92 Å². The van der Waals surface area contributed by atoms with Gasteiger partial charge in [-0.05, 0) is 56.8 Å². The molecular weight excluding hydrogens is 324 g/mol. The van der Waals surface area contributed by atoms with Crippen LogP contribution < -0.4 is 16.0 Å². The van der Waals surface area contributed by atoms with Crippen LogP contribution in [0.3, 0.4) is 0 Å². The molecule has 2 aliphatic rings. The lowest BCUT2D eigenvalue weighted by atomic mass is 9.96. The lowest BCUT2D eigenvalue weighted by molar-refractivity contribution is 0.159. The minimum absolute atomic E-state index is 0. The second-order valence-corrected chi connectivity index (χ2v) is 6.73. The normalized spacial score (nSPS) is 20.2. The molecule has 2 fully saturated rings. The first-order valence-electron chi connectivity index (χ1n) is 8.85. The fourth-order valence-electron chi connectivity index (χ4n) is 3.56. The van der Waals surface area contributed by atoms with E-state index in [1.54, 1.807) is 0 Å². The zero-order valence-electron chi connectivity index (χ0n) is 14.2. The van der Waals surface area contributed by atoms with Crippen LogP contribution in [-0.2, 0) is 0 Å². The number of likely N-dealkylation sites (tertiary alicyclic amines) is 1. The molecule has 0 spiro atoms. The van der Waals surface area contributed by atoms with Crippen molar-refractivity contribution in [2.45, 2.75) is 31.7 Å². The fourth-order valence-corrected chi connectivity index (χ4v) is 3.56. The highest BCUT2D eigenvalue weighted by Gasteiger charge is 2.23. The zero-order chi connectivity index (χ0) is 15.9. The van der Waals surface area contributed by atoms with Gasteiger partial charge in [-0.25, -0.2) is 4.79 Å². The van der Waals surface area contributed by atoms with Crippen LogP contribution in [0.5, 0.6) is 0 Å². The standard InChI is InChI=1S/C18H28N4O.ClH/c23-18(20-16-4-2-1-3-5-16)21-17-8-12-22(13-9-17)14-15-6-10-19-11-7-15;/h1-5,15,17,19H,6-14H2,(H2,20,21,23);1H. The van der Waals surface area contributed by atoms with Gasteiger partial charge in [-0.1, -0.05) is 18.2 Å². The van der Waals surface area contributed by atoms with E-state index in [1.165, 1.54) is 32.5 Å². The van der Waals surface area contributed by atoms with Crippen LogP contribution in [0.2, 0.25) is 0 Å². The van der Waals surface area contributed by atoms with E-state index in [0.717, 1.165) is 37.5 Å². The van der Waals surface area contributed by atoms with Crippen molar-refractivity contribution < 1.29 is 4.79 Å². The summed E-state index contributed by atoms with van der Waals surface area (Å²) in [5.74, 6) is 0.849. The number of piperidine rings is 2. The first-order valence-corrected chi connectivity index (χ1v) is 8.85. The van der Waals surface area contributed by atoms with Crippen molar-refractivity contribution in [2.75, 3.05) is 38.0 Å². The van der Waals surface area contributed by atoms with Gasteiger partial charge < -0.3 is 20.9 Å². The Morgan fingerprint density at radius 3 is 2.42 bits per heavy atom. The van der Waals surface area contributed by atoms with Gasteiger partial charge in [0.15, 0.2) is 0 Å². The second-order valence-electron chi connectivity index (χ2n) is 6.73. The Morgan fingerprint density at radius 2 is 1.75 bits per heavy atom. The van der Waals surface area contributed by atoms with Gasteiger partial charge in [0, 0.05) is 31.4 Å². The number of para-hydroxylation sites is 1. The smallest absolute Gasteiger partial charge is 0.319 e. The summed E-state index contributed by atoms with van der Waals surface area (Å²) in [6, 6.07) is 9.81. The Morgan fingerprint density at radius 1 is 1.08 bits per heavy atom. The maximum Gasteiger partial charge on any atom is 0.319 e. The van der Waals surface area contributed by atoms with Crippen LogP contribution in [0.4, 0.5) is 10.5 Å². The van der Waals surface area contributed by atoms with Gasteiger partial charge in [0.1, 0.15) is 0 Å². The molecule has 0 bridgehead atoms. The topological polar surface area (TPSA) is 56.4 Å². The number of halogens is 1. The van der Waals surface area contributed by atoms with Crippen LogP contribution in [0.15, 0.2) is 30.3 Å². The van der Waals surface area contributed by atoms with Gasteiger partial charge in [0.2, 0.25) is 0 Å². The highest BCUT2D eigenvalue weighted by Crippen LogP contribution is 2.17.